The molecule has 0 aliphatic heterocycles. The maximum absolute atomic E-state index is 12.3. The summed E-state index contributed by atoms with van der Waals surface area (Å²) in [6.45, 7) is 7.18. The third kappa shape index (κ3) is 4.56. The van der Waals surface area contributed by atoms with Crippen LogP contribution in [0.3, 0.4) is 0 Å². The average Bonchev–Trinajstić information content (AvgIpc) is 2.45. The van der Waals surface area contributed by atoms with E-state index in [2.05, 4.69) is 10.6 Å². The number of anilines is 1. The molecule has 1 aromatic carbocycles. The minimum Gasteiger partial charge on any atom is -0.348 e. The van der Waals surface area contributed by atoms with Crippen molar-refractivity contribution < 1.29 is 9.59 Å². The molecule has 5 nitrogen and oxygen atoms in total. The first-order chi connectivity index (χ1) is 9.82. The number of amides is 2. The van der Waals surface area contributed by atoms with Gasteiger partial charge in [0, 0.05) is 12.6 Å². The van der Waals surface area contributed by atoms with E-state index in [1.54, 1.807) is 0 Å². The largest absolute Gasteiger partial charge is 0.348 e. The molecule has 0 aliphatic carbocycles. The van der Waals surface area contributed by atoms with Gasteiger partial charge in [0.05, 0.1) is 11.6 Å². The molecule has 0 heterocycles. The van der Waals surface area contributed by atoms with E-state index in [4.69, 9.17) is 5.73 Å². The summed E-state index contributed by atoms with van der Waals surface area (Å²) < 4.78 is 0. The number of hydrogen-bond donors (Lipinski definition) is 3. The van der Waals surface area contributed by atoms with Crippen molar-refractivity contribution in [2.24, 2.45) is 5.73 Å². The van der Waals surface area contributed by atoms with Crippen molar-refractivity contribution in [2.45, 2.75) is 52.1 Å². The molecule has 0 spiro atoms. The summed E-state index contributed by atoms with van der Waals surface area (Å²) in [7, 11) is 0. The summed E-state index contributed by atoms with van der Waals surface area (Å²) >= 11 is 0. The molecule has 0 radical (unpaired) electrons. The fourth-order valence-electron chi connectivity index (χ4n) is 2.08. The highest BCUT2D eigenvalue weighted by Gasteiger charge is 2.30. The molecule has 5 heteroatoms. The van der Waals surface area contributed by atoms with Gasteiger partial charge in [-0.15, -0.1) is 0 Å². The van der Waals surface area contributed by atoms with E-state index in [-0.39, 0.29) is 17.9 Å². The van der Waals surface area contributed by atoms with Crippen LogP contribution in [0.2, 0.25) is 0 Å². The lowest BCUT2D eigenvalue weighted by Gasteiger charge is -2.27. The van der Waals surface area contributed by atoms with Crippen molar-refractivity contribution in [3.63, 3.8) is 0 Å². The number of hydrogen-bond acceptors (Lipinski definition) is 3. The van der Waals surface area contributed by atoms with Crippen LogP contribution >= 0.6 is 0 Å². The van der Waals surface area contributed by atoms with Gasteiger partial charge in [0.25, 0.3) is 0 Å². The van der Waals surface area contributed by atoms with Crippen LogP contribution in [0.15, 0.2) is 24.3 Å². The quantitative estimate of drug-likeness (QED) is 0.752. The van der Waals surface area contributed by atoms with Crippen LogP contribution in [0, 0.1) is 0 Å². The topological polar surface area (TPSA) is 84.2 Å². The van der Waals surface area contributed by atoms with Gasteiger partial charge in [0.2, 0.25) is 11.8 Å². The van der Waals surface area contributed by atoms with Crippen molar-refractivity contribution in [1.29, 1.82) is 0 Å². The number of carbonyl (C=O) groups is 2. The summed E-state index contributed by atoms with van der Waals surface area (Å²) in [6, 6.07) is 7.24. The first-order valence-corrected chi connectivity index (χ1v) is 7.29. The van der Waals surface area contributed by atoms with E-state index >= 15 is 0 Å². The molecule has 0 saturated heterocycles. The standard InChI is InChI=1S/C16H25N3O2/c1-5-16(17,6-2)15(21)18-11(3)13-8-7-9-14(10-13)19-12(4)20/h7-11H,5-6,17H2,1-4H3,(H,18,21)(H,19,20). The minimum atomic E-state index is -0.830. The van der Waals surface area contributed by atoms with Gasteiger partial charge in [0.15, 0.2) is 0 Å². The van der Waals surface area contributed by atoms with E-state index in [9.17, 15) is 9.59 Å². The van der Waals surface area contributed by atoms with Crippen LogP contribution < -0.4 is 16.4 Å². The molecule has 0 aromatic heterocycles. The summed E-state index contributed by atoms with van der Waals surface area (Å²) in [4.78, 5) is 23.4. The van der Waals surface area contributed by atoms with Crippen LogP contribution in [0.25, 0.3) is 0 Å². The van der Waals surface area contributed by atoms with E-state index in [1.807, 2.05) is 45.0 Å². The summed E-state index contributed by atoms with van der Waals surface area (Å²) in [5.74, 6) is -0.272. The van der Waals surface area contributed by atoms with Gasteiger partial charge < -0.3 is 16.4 Å². The molecule has 2 amide bonds. The molecular formula is C16H25N3O2. The van der Waals surface area contributed by atoms with Gasteiger partial charge in [-0.3, -0.25) is 9.59 Å². The summed E-state index contributed by atoms with van der Waals surface area (Å²) in [6.07, 6.45) is 1.18. The molecular weight excluding hydrogens is 266 g/mol. The highest BCUT2D eigenvalue weighted by Crippen LogP contribution is 2.19. The predicted octanol–water partition coefficient (Wildman–Crippen LogP) is 2.34. The fourth-order valence-corrected chi connectivity index (χ4v) is 2.08. The number of nitrogens with two attached hydrogens (primary N) is 1. The molecule has 21 heavy (non-hydrogen) atoms. The average molecular weight is 291 g/mol. The minimum absolute atomic E-state index is 0.123. The SMILES string of the molecule is CCC(N)(CC)C(=O)NC(C)c1cccc(NC(C)=O)c1. The van der Waals surface area contributed by atoms with Crippen molar-refractivity contribution >= 4 is 17.5 Å². The molecule has 0 aliphatic rings. The fraction of sp³-hybridized carbons (Fsp3) is 0.500. The van der Waals surface area contributed by atoms with Gasteiger partial charge in [-0.2, -0.15) is 0 Å². The molecule has 0 saturated carbocycles. The van der Waals surface area contributed by atoms with Gasteiger partial charge in [-0.05, 0) is 37.5 Å². The normalized spacial score (nSPS) is 12.6. The Morgan fingerprint density at radius 3 is 2.43 bits per heavy atom. The van der Waals surface area contributed by atoms with Crippen molar-refractivity contribution in [1.82, 2.24) is 5.32 Å². The van der Waals surface area contributed by atoms with Crippen LogP contribution in [0.4, 0.5) is 5.69 Å². The van der Waals surface area contributed by atoms with E-state index in [1.165, 1.54) is 6.92 Å². The maximum atomic E-state index is 12.3. The molecule has 4 N–H and O–H groups in total. The second-order valence-corrected chi connectivity index (χ2v) is 5.37. The Morgan fingerprint density at radius 2 is 1.90 bits per heavy atom. The Balaban J connectivity index is 2.82. The highest BCUT2D eigenvalue weighted by atomic mass is 16.2. The molecule has 0 fully saturated rings. The second-order valence-electron chi connectivity index (χ2n) is 5.37. The number of nitrogens with one attached hydrogen (secondary N) is 2. The van der Waals surface area contributed by atoms with Crippen LogP contribution in [0.1, 0.15) is 52.1 Å². The Kier molecular flexibility index (Phi) is 5.90. The van der Waals surface area contributed by atoms with Gasteiger partial charge >= 0.3 is 0 Å². The van der Waals surface area contributed by atoms with E-state index in [0.29, 0.717) is 18.5 Å². The van der Waals surface area contributed by atoms with Gasteiger partial charge in [0.1, 0.15) is 0 Å². The zero-order chi connectivity index (χ0) is 16.0. The Morgan fingerprint density at radius 1 is 1.29 bits per heavy atom. The Bertz CT molecular complexity index is 510. The van der Waals surface area contributed by atoms with E-state index in [0.717, 1.165) is 5.56 Å². The van der Waals surface area contributed by atoms with Gasteiger partial charge in [-0.25, -0.2) is 0 Å². The maximum Gasteiger partial charge on any atom is 0.240 e. The highest BCUT2D eigenvalue weighted by molar-refractivity contribution is 5.89. The molecule has 1 unspecified atom stereocenters. The lowest BCUT2D eigenvalue weighted by atomic mass is 9.92. The first-order valence-electron chi connectivity index (χ1n) is 7.29. The van der Waals surface area contributed by atoms with E-state index < -0.39 is 5.54 Å². The lowest BCUT2D eigenvalue weighted by molar-refractivity contribution is -0.127. The predicted molar refractivity (Wildman–Crippen MR) is 84.8 cm³/mol. The third-order valence-electron chi connectivity index (χ3n) is 3.77. The monoisotopic (exact) mass is 291 g/mol. The van der Waals surface area contributed by atoms with Crippen molar-refractivity contribution in [3.8, 4) is 0 Å². The smallest absolute Gasteiger partial charge is 0.240 e. The Hall–Kier alpha value is -1.88. The number of benzene rings is 1. The lowest BCUT2D eigenvalue weighted by Crippen LogP contribution is -2.53. The molecule has 0 bridgehead atoms. The second kappa shape index (κ2) is 7.22. The summed E-state index contributed by atoms with van der Waals surface area (Å²) in [5, 5.41) is 5.67. The van der Waals surface area contributed by atoms with Crippen molar-refractivity contribution in [3.05, 3.63) is 29.8 Å². The van der Waals surface area contributed by atoms with Gasteiger partial charge in [-0.1, -0.05) is 26.0 Å². The number of rotatable bonds is 6. The van der Waals surface area contributed by atoms with Crippen LogP contribution in [-0.2, 0) is 9.59 Å². The molecule has 116 valence electrons. The van der Waals surface area contributed by atoms with Crippen molar-refractivity contribution in [2.75, 3.05) is 5.32 Å². The summed E-state index contributed by atoms with van der Waals surface area (Å²) in [5.41, 5.74) is 6.90. The first kappa shape index (κ1) is 17.2. The number of carbonyl (C=O) groups excluding carboxylic acids is 2. The zero-order valence-electron chi connectivity index (χ0n) is 13.2. The third-order valence-corrected chi connectivity index (χ3v) is 3.77. The Labute approximate surface area is 126 Å². The molecule has 1 rings (SSSR count). The van der Waals surface area contributed by atoms with Crippen LogP contribution in [0.5, 0.6) is 0 Å². The molecule has 1 atom stereocenters. The zero-order valence-corrected chi connectivity index (χ0v) is 13.2. The van der Waals surface area contributed by atoms with Crippen LogP contribution in [-0.4, -0.2) is 17.4 Å². The molecule has 1 aromatic rings.